The van der Waals surface area contributed by atoms with E-state index in [4.69, 9.17) is 14.5 Å². The van der Waals surface area contributed by atoms with E-state index in [1.54, 1.807) is 12.6 Å². The molecule has 3 heterocycles. The highest BCUT2D eigenvalue weighted by Crippen LogP contribution is 2.28. The van der Waals surface area contributed by atoms with Crippen LogP contribution in [0.3, 0.4) is 0 Å². The Morgan fingerprint density at radius 1 is 1.28 bits per heavy atom. The minimum atomic E-state index is -0.0740. The molecule has 1 aliphatic rings. The molecule has 1 N–H and O–H groups in total. The largest absolute Gasteiger partial charge is 0.496 e. The lowest BCUT2D eigenvalue weighted by atomic mass is 10.1. The van der Waals surface area contributed by atoms with Crippen molar-refractivity contribution in [2.45, 2.75) is 26.5 Å². The summed E-state index contributed by atoms with van der Waals surface area (Å²) in [5.74, 6) is 0.935. The first-order valence-corrected chi connectivity index (χ1v) is 10.5. The van der Waals surface area contributed by atoms with Gasteiger partial charge in [0.25, 0.3) is 0 Å². The maximum atomic E-state index is 6.06. The molecule has 0 aliphatic carbocycles. The van der Waals surface area contributed by atoms with Crippen molar-refractivity contribution in [1.29, 1.82) is 0 Å². The summed E-state index contributed by atoms with van der Waals surface area (Å²) in [5, 5.41) is 12.0. The Balaban J connectivity index is 1.49. The quantitative estimate of drug-likeness (QED) is 0.660. The molecule has 2 aromatic heterocycles. The molecule has 1 fully saturated rings. The molecular weight excluding hydrogens is 386 g/mol. The second kappa shape index (κ2) is 8.86. The summed E-state index contributed by atoms with van der Waals surface area (Å²) in [4.78, 5) is 7.12. The van der Waals surface area contributed by atoms with Crippen molar-refractivity contribution in [3.05, 3.63) is 58.4 Å². The van der Waals surface area contributed by atoms with Crippen molar-refractivity contribution >= 4 is 22.2 Å². The van der Waals surface area contributed by atoms with Gasteiger partial charge < -0.3 is 14.8 Å². The first kappa shape index (κ1) is 19.8. The average molecular weight is 412 g/mol. The number of nitrogens with zero attached hydrogens (tertiary/aromatic N) is 4. The van der Waals surface area contributed by atoms with Gasteiger partial charge in [0.1, 0.15) is 17.4 Å². The average Bonchev–Trinajstić information content (AvgIpc) is 3.22. The molecule has 1 saturated heterocycles. The lowest BCUT2D eigenvalue weighted by Crippen LogP contribution is -2.38. The van der Waals surface area contributed by atoms with Crippen LogP contribution in [0.25, 0.3) is 0 Å². The molecule has 0 saturated carbocycles. The molecule has 0 bridgehead atoms. The maximum absolute atomic E-state index is 6.06. The van der Waals surface area contributed by atoms with Crippen LogP contribution in [0.1, 0.15) is 28.6 Å². The second-order valence-corrected chi connectivity index (χ2v) is 8.03. The van der Waals surface area contributed by atoms with E-state index >= 15 is 0 Å². The van der Waals surface area contributed by atoms with Gasteiger partial charge >= 0.3 is 0 Å². The molecule has 29 heavy (non-hydrogen) atoms. The molecule has 0 unspecified atom stereocenters. The summed E-state index contributed by atoms with van der Waals surface area (Å²) < 4.78 is 11.6. The monoisotopic (exact) mass is 411 g/mol. The van der Waals surface area contributed by atoms with Gasteiger partial charge in [0.15, 0.2) is 0 Å². The summed E-state index contributed by atoms with van der Waals surface area (Å²) in [6, 6.07) is 10.4. The molecule has 0 amide bonds. The van der Waals surface area contributed by atoms with E-state index in [9.17, 15) is 0 Å². The Morgan fingerprint density at radius 2 is 2.17 bits per heavy atom. The lowest BCUT2D eigenvalue weighted by molar-refractivity contribution is -0.0351. The third-order valence-electron chi connectivity index (χ3n) is 4.90. The zero-order chi connectivity index (χ0) is 20.2. The van der Waals surface area contributed by atoms with Gasteiger partial charge in [0, 0.05) is 36.6 Å². The number of hydrogen-bond acceptors (Lipinski definition) is 8. The minimum absolute atomic E-state index is 0.0740. The van der Waals surface area contributed by atoms with E-state index in [2.05, 4.69) is 45.5 Å². The van der Waals surface area contributed by atoms with Crippen LogP contribution in [0.5, 0.6) is 5.75 Å². The van der Waals surface area contributed by atoms with E-state index in [1.807, 2.05) is 19.1 Å². The van der Waals surface area contributed by atoms with Gasteiger partial charge in [-0.15, -0.1) is 10.2 Å². The number of morpholine rings is 1. The zero-order valence-electron chi connectivity index (χ0n) is 16.9. The molecule has 0 spiro atoms. The summed E-state index contributed by atoms with van der Waals surface area (Å²) >= 11 is 1.47. The Hall–Kier alpha value is -2.55. The van der Waals surface area contributed by atoms with E-state index in [1.165, 1.54) is 22.5 Å². The molecular formula is C21H25N5O2S. The van der Waals surface area contributed by atoms with Crippen LogP contribution >= 0.6 is 11.3 Å². The van der Waals surface area contributed by atoms with Gasteiger partial charge in [-0.3, -0.25) is 9.88 Å². The minimum Gasteiger partial charge on any atom is -0.496 e. The number of aryl methyl sites for hydroxylation is 2. The SMILES string of the molecule is COc1cc(C)ccc1CN1CCO[C@@H](c2cc(Nc3nncs3)cc(C)n2)C1. The third-order valence-corrected chi connectivity index (χ3v) is 5.51. The number of anilines is 2. The van der Waals surface area contributed by atoms with E-state index in [0.29, 0.717) is 6.61 Å². The molecule has 152 valence electrons. The van der Waals surface area contributed by atoms with Gasteiger partial charge in [-0.25, -0.2) is 0 Å². The van der Waals surface area contributed by atoms with Crippen LogP contribution in [0.15, 0.2) is 35.8 Å². The van der Waals surface area contributed by atoms with Crippen LogP contribution in [0.2, 0.25) is 0 Å². The first-order chi connectivity index (χ1) is 14.1. The fourth-order valence-corrected chi connectivity index (χ4v) is 4.00. The van der Waals surface area contributed by atoms with Gasteiger partial charge in [-0.05, 0) is 37.6 Å². The molecule has 7 nitrogen and oxygen atoms in total. The number of aromatic nitrogens is 3. The molecule has 1 aromatic carbocycles. The van der Waals surface area contributed by atoms with Gasteiger partial charge in [-0.1, -0.05) is 23.5 Å². The molecule has 3 aromatic rings. The van der Waals surface area contributed by atoms with Crippen molar-refractivity contribution in [2.75, 3.05) is 32.1 Å². The first-order valence-electron chi connectivity index (χ1n) is 9.60. The van der Waals surface area contributed by atoms with Gasteiger partial charge in [0.05, 0.1) is 19.4 Å². The Morgan fingerprint density at radius 3 is 2.97 bits per heavy atom. The van der Waals surface area contributed by atoms with E-state index < -0.39 is 0 Å². The lowest BCUT2D eigenvalue weighted by Gasteiger charge is -2.33. The summed E-state index contributed by atoms with van der Waals surface area (Å²) in [6.45, 7) is 7.24. The number of ether oxygens (including phenoxy) is 2. The van der Waals surface area contributed by atoms with Gasteiger partial charge in [0.2, 0.25) is 5.13 Å². The number of nitrogens with one attached hydrogen (secondary N) is 1. The molecule has 1 aliphatic heterocycles. The van der Waals surface area contributed by atoms with E-state index in [0.717, 1.165) is 47.6 Å². The highest BCUT2D eigenvalue weighted by Gasteiger charge is 2.24. The number of benzene rings is 1. The van der Waals surface area contributed by atoms with E-state index in [-0.39, 0.29) is 6.10 Å². The van der Waals surface area contributed by atoms with Crippen LogP contribution in [-0.4, -0.2) is 46.9 Å². The Bertz CT molecular complexity index is 964. The van der Waals surface area contributed by atoms with Crippen molar-refractivity contribution in [1.82, 2.24) is 20.1 Å². The third kappa shape index (κ3) is 4.90. The fraction of sp³-hybridized carbons (Fsp3) is 0.381. The molecule has 0 radical (unpaired) electrons. The molecule has 4 rings (SSSR count). The molecule has 1 atom stereocenters. The normalized spacial score (nSPS) is 17.3. The Kier molecular flexibility index (Phi) is 6.03. The Labute approximate surface area is 174 Å². The second-order valence-electron chi connectivity index (χ2n) is 7.20. The van der Waals surface area contributed by atoms with Crippen LogP contribution in [0.4, 0.5) is 10.8 Å². The standard InChI is InChI=1S/C21H25N5O2S/c1-14-4-5-16(19(8-14)27-3)11-26-6-7-28-20(12-26)18-10-17(9-15(2)23-18)24-21-25-22-13-29-21/h4-5,8-10,13,20H,6-7,11-12H2,1-3H3,(H,23,24,25)/t20-/m1/s1. The maximum Gasteiger partial charge on any atom is 0.209 e. The summed E-state index contributed by atoms with van der Waals surface area (Å²) in [7, 11) is 1.73. The summed E-state index contributed by atoms with van der Waals surface area (Å²) in [5.41, 5.74) is 6.91. The highest BCUT2D eigenvalue weighted by molar-refractivity contribution is 7.13. The van der Waals surface area contributed by atoms with Crippen molar-refractivity contribution in [3.63, 3.8) is 0 Å². The molecule has 8 heteroatoms. The van der Waals surface area contributed by atoms with Crippen LogP contribution in [-0.2, 0) is 11.3 Å². The fourth-order valence-electron chi connectivity index (χ4n) is 3.53. The zero-order valence-corrected chi connectivity index (χ0v) is 17.7. The predicted octanol–water partition coefficient (Wildman–Crippen LogP) is 3.88. The number of methoxy groups -OCH3 is 1. The summed E-state index contributed by atoms with van der Waals surface area (Å²) in [6.07, 6.45) is -0.0740. The number of hydrogen-bond donors (Lipinski definition) is 1. The van der Waals surface area contributed by atoms with Crippen LogP contribution < -0.4 is 10.1 Å². The highest BCUT2D eigenvalue weighted by atomic mass is 32.1. The van der Waals surface area contributed by atoms with Crippen molar-refractivity contribution in [3.8, 4) is 5.75 Å². The predicted molar refractivity (Wildman–Crippen MR) is 114 cm³/mol. The van der Waals surface area contributed by atoms with Crippen LogP contribution in [0, 0.1) is 13.8 Å². The smallest absolute Gasteiger partial charge is 0.209 e. The van der Waals surface area contributed by atoms with Gasteiger partial charge in [-0.2, -0.15) is 0 Å². The topological polar surface area (TPSA) is 72.4 Å². The number of pyridine rings is 1. The van der Waals surface area contributed by atoms with Crippen molar-refractivity contribution < 1.29 is 9.47 Å². The number of rotatable bonds is 6. The van der Waals surface area contributed by atoms with Crippen molar-refractivity contribution in [2.24, 2.45) is 0 Å².